The summed E-state index contributed by atoms with van der Waals surface area (Å²) >= 11 is 0. The Balaban J connectivity index is 1.40. The number of hydrogen-bond acceptors (Lipinski definition) is 6. The molecule has 0 saturated carbocycles. The zero-order valence-electron chi connectivity index (χ0n) is 15.9. The van der Waals surface area contributed by atoms with Crippen LogP contribution in [0.3, 0.4) is 0 Å². The quantitative estimate of drug-likeness (QED) is 0.478. The van der Waals surface area contributed by atoms with Crippen LogP contribution in [0.25, 0.3) is 0 Å². The van der Waals surface area contributed by atoms with E-state index >= 15 is 0 Å². The summed E-state index contributed by atoms with van der Waals surface area (Å²) in [4.78, 5) is 28.2. The van der Waals surface area contributed by atoms with Crippen molar-refractivity contribution >= 4 is 11.8 Å². The van der Waals surface area contributed by atoms with Crippen LogP contribution in [0.2, 0.25) is 0 Å². The number of epoxide rings is 2. The molecule has 3 saturated heterocycles. The Morgan fingerprint density at radius 3 is 2.12 bits per heavy atom. The molecule has 3 fully saturated rings. The summed E-state index contributed by atoms with van der Waals surface area (Å²) in [6.45, 7) is 9.20. The molecule has 0 radical (unpaired) electrons. The van der Waals surface area contributed by atoms with Gasteiger partial charge in [0.25, 0.3) is 0 Å². The molecule has 0 N–H and O–H groups in total. The smallest absolute Gasteiger partial charge is 0.242 e. The summed E-state index contributed by atoms with van der Waals surface area (Å²) in [6.07, 6.45) is 1.04. The van der Waals surface area contributed by atoms with Gasteiger partial charge >= 0.3 is 0 Å². The van der Waals surface area contributed by atoms with Crippen LogP contribution in [-0.4, -0.2) is 98.1 Å². The predicted octanol–water partition coefficient (Wildman–Crippen LogP) is 0.0436. The first-order chi connectivity index (χ1) is 12.4. The molecule has 0 aromatic rings. The van der Waals surface area contributed by atoms with Gasteiger partial charge < -0.3 is 28.7 Å². The summed E-state index contributed by atoms with van der Waals surface area (Å²) in [6, 6.07) is -0.0376. The van der Waals surface area contributed by atoms with Crippen molar-refractivity contribution in [3.05, 3.63) is 0 Å². The minimum absolute atomic E-state index is 0.0208. The van der Waals surface area contributed by atoms with Crippen LogP contribution in [-0.2, 0) is 28.5 Å². The lowest BCUT2D eigenvalue weighted by Crippen LogP contribution is -2.57. The fourth-order valence-electron chi connectivity index (χ4n) is 3.15. The zero-order valence-corrected chi connectivity index (χ0v) is 15.9. The Hall–Kier alpha value is -1.22. The number of amides is 2. The van der Waals surface area contributed by atoms with Crippen molar-refractivity contribution in [2.45, 2.75) is 57.6 Å². The maximum atomic E-state index is 12.5. The Morgan fingerprint density at radius 2 is 1.54 bits per heavy atom. The maximum Gasteiger partial charge on any atom is 0.242 e. The van der Waals surface area contributed by atoms with E-state index in [9.17, 15) is 9.59 Å². The van der Waals surface area contributed by atoms with Crippen LogP contribution in [0.4, 0.5) is 0 Å². The molecule has 3 rings (SSSR count). The van der Waals surface area contributed by atoms with Crippen molar-refractivity contribution in [3.63, 3.8) is 0 Å². The normalized spacial score (nSPS) is 28.9. The number of carbonyl (C=O) groups excluding carboxylic acids is 2. The van der Waals surface area contributed by atoms with Crippen molar-refractivity contribution in [2.24, 2.45) is 0 Å². The van der Waals surface area contributed by atoms with Gasteiger partial charge in [0.05, 0.1) is 45.2 Å². The number of carbonyl (C=O) groups is 2. The molecule has 3 aliphatic heterocycles. The molecule has 5 atom stereocenters. The third kappa shape index (κ3) is 5.90. The molecule has 3 aliphatic rings. The maximum absolute atomic E-state index is 12.5. The third-order valence-electron chi connectivity index (χ3n) is 4.93. The fourth-order valence-corrected chi connectivity index (χ4v) is 3.15. The first-order valence-electron chi connectivity index (χ1n) is 9.46. The Labute approximate surface area is 154 Å². The molecule has 0 spiro atoms. The van der Waals surface area contributed by atoms with Gasteiger partial charge in [-0.25, -0.2) is 0 Å². The van der Waals surface area contributed by atoms with Crippen LogP contribution in [0.1, 0.15) is 27.2 Å². The van der Waals surface area contributed by atoms with Crippen molar-refractivity contribution in [1.82, 2.24) is 9.80 Å². The van der Waals surface area contributed by atoms with Crippen molar-refractivity contribution in [2.75, 3.05) is 46.1 Å². The first-order valence-corrected chi connectivity index (χ1v) is 9.46. The summed E-state index contributed by atoms with van der Waals surface area (Å²) in [5, 5.41) is 0. The molecular weight excluding hydrogens is 340 g/mol. The number of hydrogen-bond donors (Lipinski definition) is 0. The molecule has 8 nitrogen and oxygen atoms in total. The first kappa shape index (κ1) is 19.5. The van der Waals surface area contributed by atoms with E-state index in [1.54, 1.807) is 9.80 Å². The topological polar surface area (TPSA) is 84.1 Å². The predicted molar refractivity (Wildman–Crippen MR) is 92.7 cm³/mol. The molecule has 8 heteroatoms. The minimum atomic E-state index is -0.113. The number of rotatable bonds is 11. The van der Waals surface area contributed by atoms with E-state index in [4.69, 9.17) is 18.9 Å². The van der Waals surface area contributed by atoms with E-state index < -0.39 is 0 Å². The Kier molecular flexibility index (Phi) is 6.50. The van der Waals surface area contributed by atoms with Gasteiger partial charge in [-0.2, -0.15) is 0 Å². The molecule has 0 aromatic carbocycles. The number of piperazine rings is 1. The lowest BCUT2D eigenvalue weighted by molar-refractivity contribution is -0.154. The zero-order chi connectivity index (χ0) is 18.7. The molecule has 5 unspecified atom stereocenters. The molecular formula is C18H30N2O6. The van der Waals surface area contributed by atoms with Crippen LogP contribution in [0, 0.1) is 0 Å². The summed E-state index contributed by atoms with van der Waals surface area (Å²) in [5.41, 5.74) is 0. The molecule has 148 valence electrons. The third-order valence-corrected chi connectivity index (χ3v) is 4.93. The van der Waals surface area contributed by atoms with Gasteiger partial charge in [0, 0.05) is 12.6 Å². The average molecular weight is 370 g/mol. The lowest BCUT2D eigenvalue weighted by atomic mass is 10.1. The molecule has 2 amide bonds. The molecule has 26 heavy (non-hydrogen) atoms. The lowest BCUT2D eigenvalue weighted by Gasteiger charge is -2.38. The minimum Gasteiger partial charge on any atom is -0.376 e. The monoisotopic (exact) mass is 370 g/mol. The van der Waals surface area contributed by atoms with Crippen molar-refractivity contribution < 1.29 is 28.5 Å². The second kappa shape index (κ2) is 8.65. The van der Waals surface area contributed by atoms with Gasteiger partial charge in [-0.05, 0) is 27.2 Å². The van der Waals surface area contributed by atoms with Crippen LogP contribution >= 0.6 is 0 Å². The highest BCUT2D eigenvalue weighted by atomic mass is 16.6. The summed E-state index contributed by atoms with van der Waals surface area (Å²) < 4.78 is 21.6. The molecule has 0 aromatic heterocycles. The van der Waals surface area contributed by atoms with Gasteiger partial charge in [0.2, 0.25) is 11.8 Å². The molecule has 3 heterocycles. The van der Waals surface area contributed by atoms with E-state index in [0.29, 0.717) is 26.2 Å². The molecule has 0 bridgehead atoms. The standard InChI is InChI=1S/C18H30N2O6/c1-12(4-13(2)23-8-15-10-25-15)20-7-17(21)19(6-18(20)22)5-14(3)24-9-16-11-26-16/h12-16H,4-11H2,1-3H3. The van der Waals surface area contributed by atoms with E-state index in [1.807, 2.05) is 20.8 Å². The van der Waals surface area contributed by atoms with E-state index in [-0.39, 0.29) is 55.4 Å². The van der Waals surface area contributed by atoms with E-state index in [0.717, 1.165) is 13.2 Å². The Morgan fingerprint density at radius 1 is 0.962 bits per heavy atom. The van der Waals surface area contributed by atoms with Crippen LogP contribution in [0.15, 0.2) is 0 Å². The van der Waals surface area contributed by atoms with Crippen molar-refractivity contribution in [1.29, 1.82) is 0 Å². The number of ether oxygens (including phenoxy) is 4. The summed E-state index contributed by atoms with van der Waals surface area (Å²) in [7, 11) is 0. The van der Waals surface area contributed by atoms with Gasteiger partial charge in [0.1, 0.15) is 18.8 Å². The van der Waals surface area contributed by atoms with Crippen molar-refractivity contribution in [3.8, 4) is 0 Å². The van der Waals surface area contributed by atoms with Gasteiger partial charge in [-0.1, -0.05) is 0 Å². The van der Waals surface area contributed by atoms with E-state index in [2.05, 4.69) is 0 Å². The highest BCUT2D eigenvalue weighted by Gasteiger charge is 2.34. The highest BCUT2D eigenvalue weighted by molar-refractivity contribution is 5.92. The Bertz CT molecular complexity index is 508. The van der Waals surface area contributed by atoms with Gasteiger partial charge in [-0.3, -0.25) is 9.59 Å². The summed E-state index contributed by atoms with van der Waals surface area (Å²) in [5.74, 6) is -0.0536. The second-order valence-electron chi connectivity index (χ2n) is 7.58. The van der Waals surface area contributed by atoms with Crippen LogP contribution in [0.5, 0.6) is 0 Å². The largest absolute Gasteiger partial charge is 0.376 e. The average Bonchev–Trinajstić information content (AvgIpc) is 3.48. The second-order valence-corrected chi connectivity index (χ2v) is 7.58. The van der Waals surface area contributed by atoms with Gasteiger partial charge in [-0.15, -0.1) is 0 Å². The number of nitrogens with zero attached hydrogens (tertiary/aromatic N) is 2. The fraction of sp³-hybridized carbons (Fsp3) is 0.889. The SMILES string of the molecule is CC(CC(C)N1CC(=O)N(CC(C)OCC2CO2)CC1=O)OCC1CO1. The van der Waals surface area contributed by atoms with Crippen LogP contribution < -0.4 is 0 Å². The van der Waals surface area contributed by atoms with Gasteiger partial charge in [0.15, 0.2) is 0 Å². The molecule has 0 aliphatic carbocycles. The van der Waals surface area contributed by atoms with E-state index in [1.165, 1.54) is 0 Å². The highest BCUT2D eigenvalue weighted by Crippen LogP contribution is 2.17.